The van der Waals surface area contributed by atoms with E-state index in [0.717, 1.165) is 0 Å². The van der Waals surface area contributed by atoms with Crippen LogP contribution in [-0.4, -0.2) is 22.6 Å². The van der Waals surface area contributed by atoms with Crippen molar-refractivity contribution in [2.75, 3.05) is 0 Å². The summed E-state index contributed by atoms with van der Waals surface area (Å²) >= 11 is 0. The summed E-state index contributed by atoms with van der Waals surface area (Å²) in [7, 11) is 0. The minimum Gasteiger partial charge on any atom is -0.619 e. The minimum absolute atomic E-state index is 0.137. The second-order valence-corrected chi connectivity index (χ2v) is 6.63. The van der Waals surface area contributed by atoms with Crippen molar-refractivity contribution in [2.24, 2.45) is 4.99 Å². The normalized spacial score (nSPS) is 20.6. The highest BCUT2D eigenvalue weighted by Gasteiger charge is 2.43. The molecule has 2 unspecified atom stereocenters. The van der Waals surface area contributed by atoms with Crippen LogP contribution >= 0.6 is 0 Å². The highest BCUT2D eigenvalue weighted by atomic mass is 16.5. The van der Waals surface area contributed by atoms with Crippen molar-refractivity contribution in [2.45, 2.75) is 31.6 Å². The number of nitrogens with zero attached hydrogens (tertiary/aromatic N) is 4. The monoisotopic (exact) mass is 363 g/mol. The highest BCUT2D eigenvalue weighted by Crippen LogP contribution is 2.42. The second-order valence-electron chi connectivity index (χ2n) is 6.63. The van der Waals surface area contributed by atoms with Gasteiger partial charge in [0.05, 0.1) is 17.2 Å². The number of hydrogen-bond acceptors (Lipinski definition) is 6. The summed E-state index contributed by atoms with van der Waals surface area (Å²) in [6, 6.07) is 9.30. The Labute approximate surface area is 156 Å². The number of aliphatic hydroxyl groups is 1. The molecule has 0 fully saturated rings. The van der Waals surface area contributed by atoms with Crippen LogP contribution in [0, 0.1) is 28.0 Å². The molecule has 27 heavy (non-hydrogen) atoms. The number of hydrogen-bond donors (Lipinski definition) is 2. The molecule has 0 spiro atoms. The van der Waals surface area contributed by atoms with Gasteiger partial charge in [0.1, 0.15) is 29.3 Å². The van der Waals surface area contributed by atoms with Gasteiger partial charge in [-0.15, -0.1) is 0 Å². The number of aliphatic imine (C=N–C) groups is 1. The van der Waals surface area contributed by atoms with E-state index in [1.165, 1.54) is 18.5 Å². The average Bonchev–Trinajstić information content (AvgIpc) is 2.64. The highest BCUT2D eigenvalue weighted by molar-refractivity contribution is 5.99. The molecule has 8 heteroatoms. The number of rotatable bonds is 2. The number of benzene rings is 1. The number of aromatic nitrogens is 1. The first kappa shape index (κ1) is 18.2. The first-order valence-corrected chi connectivity index (χ1v) is 8.19. The van der Waals surface area contributed by atoms with Gasteiger partial charge in [-0.1, -0.05) is 0 Å². The summed E-state index contributed by atoms with van der Waals surface area (Å²) in [6.45, 7) is 3.46. The maximum Gasteiger partial charge on any atom is 0.191 e. The van der Waals surface area contributed by atoms with Gasteiger partial charge in [0.15, 0.2) is 18.6 Å². The van der Waals surface area contributed by atoms with E-state index < -0.39 is 17.7 Å². The summed E-state index contributed by atoms with van der Waals surface area (Å²) in [5, 5.41) is 43.2. The van der Waals surface area contributed by atoms with E-state index in [2.05, 4.69) is 16.4 Å². The molecule has 1 aliphatic rings. The van der Waals surface area contributed by atoms with Crippen LogP contribution in [0.25, 0.3) is 0 Å². The molecule has 1 aromatic heterocycles. The zero-order chi connectivity index (χ0) is 19.6. The Morgan fingerprint density at radius 3 is 2.81 bits per heavy atom. The van der Waals surface area contributed by atoms with Crippen molar-refractivity contribution in [1.29, 1.82) is 10.5 Å². The summed E-state index contributed by atoms with van der Waals surface area (Å²) in [6.07, 6.45) is 3.34. The molecule has 0 aliphatic carbocycles. The third kappa shape index (κ3) is 3.52. The van der Waals surface area contributed by atoms with E-state index in [1.807, 2.05) is 0 Å². The molecular formula is C19H17N5O3. The van der Waals surface area contributed by atoms with Crippen LogP contribution < -0.4 is 14.8 Å². The van der Waals surface area contributed by atoms with Gasteiger partial charge in [-0.2, -0.15) is 15.3 Å². The Bertz CT molecular complexity index is 988. The lowest BCUT2D eigenvalue weighted by molar-refractivity contribution is -0.605. The van der Waals surface area contributed by atoms with Crippen LogP contribution in [0.3, 0.4) is 0 Å². The molecule has 0 amide bonds. The average molecular weight is 363 g/mol. The lowest BCUT2D eigenvalue weighted by Gasteiger charge is -2.40. The maximum absolute atomic E-state index is 11.6. The van der Waals surface area contributed by atoms with Crippen molar-refractivity contribution >= 4 is 5.84 Å². The van der Waals surface area contributed by atoms with Crippen molar-refractivity contribution in [1.82, 2.24) is 5.32 Å². The number of nitrogens with one attached hydrogen (secondary N) is 1. The third-order valence-corrected chi connectivity index (χ3v) is 4.33. The van der Waals surface area contributed by atoms with Crippen molar-refractivity contribution in [3.63, 3.8) is 0 Å². The Balaban J connectivity index is 2.16. The predicted molar refractivity (Wildman–Crippen MR) is 95.3 cm³/mol. The largest absolute Gasteiger partial charge is 0.619 e. The van der Waals surface area contributed by atoms with E-state index >= 15 is 0 Å². The Morgan fingerprint density at radius 2 is 2.15 bits per heavy atom. The number of pyridine rings is 1. The van der Waals surface area contributed by atoms with Gasteiger partial charge >= 0.3 is 0 Å². The summed E-state index contributed by atoms with van der Waals surface area (Å²) in [5.74, 6) is 0.638. The van der Waals surface area contributed by atoms with Crippen molar-refractivity contribution in [3.05, 3.63) is 64.6 Å². The van der Waals surface area contributed by atoms with Gasteiger partial charge in [0, 0.05) is 11.6 Å². The van der Waals surface area contributed by atoms with E-state index in [1.54, 1.807) is 44.3 Å². The standard InChI is InChI=1S/C19H17N5O3/c1-19(2)17(25)16(14-8-12(9-20)5-6-15(14)27-19)23-18(22-11-21)13-4-3-7-24(26)10-13/h3-8,10,16-17,25H,1-2H3,(H,22,23). The van der Waals surface area contributed by atoms with Gasteiger partial charge in [-0.25, -0.2) is 0 Å². The lowest BCUT2D eigenvalue weighted by atomic mass is 9.86. The molecule has 0 radical (unpaired) electrons. The fourth-order valence-electron chi connectivity index (χ4n) is 2.94. The lowest BCUT2D eigenvalue weighted by Crippen LogP contribution is -2.48. The molecule has 2 heterocycles. The molecule has 2 N–H and O–H groups in total. The third-order valence-electron chi connectivity index (χ3n) is 4.33. The number of nitriles is 2. The molecule has 0 bridgehead atoms. The van der Waals surface area contributed by atoms with E-state index in [-0.39, 0.29) is 5.84 Å². The molecule has 8 nitrogen and oxygen atoms in total. The minimum atomic E-state index is -1.04. The molecular weight excluding hydrogens is 346 g/mol. The fraction of sp³-hybridized carbons (Fsp3) is 0.263. The first-order valence-electron chi connectivity index (χ1n) is 8.19. The van der Waals surface area contributed by atoms with Gasteiger partial charge in [-0.3, -0.25) is 10.3 Å². The van der Waals surface area contributed by atoms with Gasteiger partial charge < -0.3 is 15.1 Å². The van der Waals surface area contributed by atoms with Gasteiger partial charge in [-0.05, 0) is 38.1 Å². The molecule has 136 valence electrons. The smallest absolute Gasteiger partial charge is 0.191 e. The van der Waals surface area contributed by atoms with Crippen LogP contribution in [-0.2, 0) is 0 Å². The summed E-state index contributed by atoms with van der Waals surface area (Å²) < 4.78 is 6.45. The molecule has 3 rings (SSSR count). The quantitative estimate of drug-likeness (QED) is 0.207. The molecule has 2 atom stereocenters. The van der Waals surface area contributed by atoms with Crippen LogP contribution in [0.4, 0.5) is 0 Å². The van der Waals surface area contributed by atoms with Crippen LogP contribution in [0.15, 0.2) is 47.7 Å². The van der Waals surface area contributed by atoms with E-state index in [4.69, 9.17) is 10.00 Å². The maximum atomic E-state index is 11.6. The molecule has 2 aromatic rings. The molecule has 1 aliphatic heterocycles. The zero-order valence-corrected chi connectivity index (χ0v) is 14.7. The Kier molecular flexibility index (Phi) is 4.68. The Morgan fingerprint density at radius 1 is 1.37 bits per heavy atom. The number of fused-ring (bicyclic) bond motifs is 1. The van der Waals surface area contributed by atoms with Crippen molar-refractivity contribution in [3.8, 4) is 18.0 Å². The number of aliphatic hydroxyl groups excluding tert-OH is 1. The number of amidine groups is 1. The first-order chi connectivity index (χ1) is 12.9. The summed E-state index contributed by atoms with van der Waals surface area (Å²) in [5.41, 5.74) is 0.381. The number of ether oxygens (including phenoxy) is 1. The zero-order valence-electron chi connectivity index (χ0n) is 14.7. The van der Waals surface area contributed by atoms with Gasteiger partial charge in [0.25, 0.3) is 0 Å². The van der Waals surface area contributed by atoms with Crippen LogP contribution in [0.5, 0.6) is 5.75 Å². The van der Waals surface area contributed by atoms with Gasteiger partial charge in [0.2, 0.25) is 0 Å². The predicted octanol–water partition coefficient (Wildman–Crippen LogP) is 1.28. The topological polar surface area (TPSA) is 128 Å². The van der Waals surface area contributed by atoms with Crippen LogP contribution in [0.1, 0.15) is 36.6 Å². The fourth-order valence-corrected chi connectivity index (χ4v) is 2.94. The van der Waals surface area contributed by atoms with E-state index in [0.29, 0.717) is 27.2 Å². The molecule has 0 saturated heterocycles. The SMILES string of the molecule is CC1(C)Oc2ccc(C#N)cc2C(N=C(NC#N)c2ccc[n+]([O-])c2)C1O. The van der Waals surface area contributed by atoms with Crippen molar-refractivity contribution < 1.29 is 14.6 Å². The molecule has 1 aromatic carbocycles. The Hall–Kier alpha value is -3.62. The second kappa shape index (κ2) is 6.94. The van der Waals surface area contributed by atoms with E-state index in [9.17, 15) is 15.6 Å². The summed E-state index contributed by atoms with van der Waals surface area (Å²) in [4.78, 5) is 4.52. The molecule has 0 saturated carbocycles. The van der Waals surface area contributed by atoms with Crippen LogP contribution in [0.2, 0.25) is 0 Å².